The van der Waals surface area contributed by atoms with E-state index in [0.717, 1.165) is 43.8 Å². The average molecular weight is 379 g/mol. The number of thioether (sulfide) groups is 1. The van der Waals surface area contributed by atoms with Gasteiger partial charge in [0, 0.05) is 19.2 Å². The lowest BCUT2D eigenvalue weighted by atomic mass is 10.2. The van der Waals surface area contributed by atoms with Crippen molar-refractivity contribution < 1.29 is 24.3 Å². The number of imide groups is 1. The van der Waals surface area contributed by atoms with E-state index < -0.39 is 0 Å². The summed E-state index contributed by atoms with van der Waals surface area (Å²) < 4.78 is 0. The molecule has 3 amide bonds. The van der Waals surface area contributed by atoms with Gasteiger partial charge in [0.1, 0.15) is 26.2 Å². The molecule has 3 N–H and O–H groups in total. The first kappa shape index (κ1) is 18.7. The summed E-state index contributed by atoms with van der Waals surface area (Å²) in [6, 6.07) is 5.87. The van der Waals surface area contributed by atoms with Crippen LogP contribution in [-0.2, 0) is 9.59 Å². The van der Waals surface area contributed by atoms with Gasteiger partial charge in [0.15, 0.2) is 6.04 Å². The summed E-state index contributed by atoms with van der Waals surface area (Å²) in [7, 11) is 0. The van der Waals surface area contributed by atoms with Crippen molar-refractivity contribution in [3.63, 3.8) is 0 Å². The highest BCUT2D eigenvalue weighted by Gasteiger charge is 2.33. The third-order valence-corrected chi connectivity index (χ3v) is 5.78. The van der Waals surface area contributed by atoms with Crippen LogP contribution >= 0.6 is 11.8 Å². The molecule has 1 aromatic rings. The number of piperazine rings is 1. The lowest BCUT2D eigenvalue weighted by molar-refractivity contribution is -0.914. The van der Waals surface area contributed by atoms with Gasteiger partial charge >= 0.3 is 0 Å². The summed E-state index contributed by atoms with van der Waals surface area (Å²) in [5.74, 6) is 1.09. The van der Waals surface area contributed by atoms with Gasteiger partial charge in [-0.2, -0.15) is 0 Å². The molecule has 1 aromatic heterocycles. The maximum Gasteiger partial charge on any atom is 0.288 e. The van der Waals surface area contributed by atoms with Gasteiger partial charge in [0.05, 0.1) is 11.9 Å². The normalized spacial score (nSPS) is 19.7. The van der Waals surface area contributed by atoms with Crippen LogP contribution < -0.4 is 20.1 Å². The molecule has 0 aliphatic carbocycles. The van der Waals surface area contributed by atoms with Crippen LogP contribution in [0.3, 0.4) is 0 Å². The van der Waals surface area contributed by atoms with E-state index in [1.165, 1.54) is 9.80 Å². The number of aromatic nitrogens is 1. The Labute approximate surface area is 156 Å². The highest BCUT2D eigenvalue weighted by Crippen LogP contribution is 2.17. The Morgan fingerprint density at radius 2 is 2.12 bits per heavy atom. The summed E-state index contributed by atoms with van der Waals surface area (Å²) in [6.45, 7) is 6.03. The first-order chi connectivity index (χ1) is 12.6. The largest absolute Gasteiger partial charge is 0.349 e. The van der Waals surface area contributed by atoms with E-state index in [1.54, 1.807) is 0 Å². The molecule has 2 fully saturated rings. The number of aromatic amines is 1. The molecular weight excluding hydrogens is 354 g/mol. The topological polar surface area (TPSA) is 88.3 Å². The summed E-state index contributed by atoms with van der Waals surface area (Å²) in [4.78, 5) is 43.5. The number of anilines is 1. The number of nitrogens with zero attached hydrogens (tertiary/aromatic N) is 2. The molecule has 0 spiro atoms. The second-order valence-electron chi connectivity index (χ2n) is 6.51. The number of rotatable bonds is 6. The van der Waals surface area contributed by atoms with Crippen molar-refractivity contribution in [1.82, 2.24) is 10.2 Å². The van der Waals surface area contributed by atoms with Crippen molar-refractivity contribution >= 4 is 34.6 Å². The zero-order valence-electron chi connectivity index (χ0n) is 14.9. The number of pyridine rings is 1. The number of carbonyl (C=O) groups excluding carboxylic acids is 3. The molecule has 0 unspecified atom stereocenters. The Morgan fingerprint density at radius 1 is 1.35 bits per heavy atom. The van der Waals surface area contributed by atoms with Crippen LogP contribution in [0.2, 0.25) is 0 Å². The van der Waals surface area contributed by atoms with Crippen LogP contribution in [0.25, 0.3) is 0 Å². The minimum Gasteiger partial charge on any atom is -0.349 e. The molecule has 2 aliphatic rings. The molecular formula is C17H25N5O3S+2. The van der Waals surface area contributed by atoms with Gasteiger partial charge in [0.2, 0.25) is 5.91 Å². The van der Waals surface area contributed by atoms with E-state index in [4.69, 9.17) is 0 Å². The van der Waals surface area contributed by atoms with Crippen molar-refractivity contribution in [2.75, 3.05) is 49.9 Å². The smallest absolute Gasteiger partial charge is 0.288 e. The SMILES string of the molecule is C[C@H](C(=O)NCCN1C(=O)CSC1=O)[NH+]1CCN(c2cccc[nH+]2)CC1. The van der Waals surface area contributed by atoms with Crippen molar-refractivity contribution in [3.8, 4) is 0 Å². The minimum atomic E-state index is -0.225. The lowest BCUT2D eigenvalue weighted by Gasteiger charge is -2.31. The van der Waals surface area contributed by atoms with Crippen LogP contribution in [0.15, 0.2) is 24.4 Å². The number of nitrogens with one attached hydrogen (secondary N) is 3. The predicted octanol–water partition coefficient (Wildman–Crippen LogP) is -1.59. The molecule has 3 rings (SSSR count). The highest BCUT2D eigenvalue weighted by molar-refractivity contribution is 8.14. The Bertz CT molecular complexity index is 648. The maximum atomic E-state index is 12.4. The number of quaternary nitrogens is 1. The van der Waals surface area contributed by atoms with E-state index in [-0.39, 0.29) is 35.4 Å². The molecule has 1 atom stereocenters. The third kappa shape index (κ3) is 4.34. The van der Waals surface area contributed by atoms with Gasteiger partial charge < -0.3 is 10.2 Å². The predicted molar refractivity (Wildman–Crippen MR) is 97.9 cm³/mol. The molecule has 0 aromatic carbocycles. The molecule has 26 heavy (non-hydrogen) atoms. The van der Waals surface area contributed by atoms with Crippen molar-refractivity contribution in [2.24, 2.45) is 0 Å². The standard InChI is InChI=1S/C17H23N5O3S/c1-13(16(24)19-6-7-22-15(23)12-26-17(22)25)20-8-10-21(11-9-20)14-4-2-3-5-18-14/h2-5,13H,6-12H2,1H3,(H,19,24)/p+2/t13-/m1/s1. The monoisotopic (exact) mass is 379 g/mol. The number of amides is 3. The van der Waals surface area contributed by atoms with Gasteiger partial charge in [-0.1, -0.05) is 17.8 Å². The van der Waals surface area contributed by atoms with Crippen LogP contribution in [0.4, 0.5) is 10.6 Å². The van der Waals surface area contributed by atoms with Gasteiger partial charge in [-0.3, -0.25) is 24.2 Å². The third-order valence-electron chi connectivity index (χ3n) is 4.92. The van der Waals surface area contributed by atoms with Gasteiger partial charge in [0.25, 0.3) is 17.0 Å². The van der Waals surface area contributed by atoms with Crippen LogP contribution in [-0.4, -0.2) is 73.0 Å². The van der Waals surface area contributed by atoms with E-state index in [9.17, 15) is 14.4 Å². The molecule has 9 heteroatoms. The summed E-state index contributed by atoms with van der Waals surface area (Å²) in [6.07, 6.45) is 1.92. The minimum absolute atomic E-state index is 0.0357. The molecule has 0 bridgehead atoms. The van der Waals surface area contributed by atoms with E-state index in [0.29, 0.717) is 6.54 Å². The van der Waals surface area contributed by atoms with E-state index in [1.807, 2.05) is 25.3 Å². The number of hydrogen-bond donors (Lipinski definition) is 2. The summed E-state index contributed by atoms with van der Waals surface area (Å²) in [5, 5.41) is 2.63. The molecule has 2 aliphatic heterocycles. The van der Waals surface area contributed by atoms with Crippen LogP contribution in [0.5, 0.6) is 0 Å². The molecule has 140 valence electrons. The fourth-order valence-corrected chi connectivity index (χ4v) is 4.03. The molecule has 2 saturated heterocycles. The Balaban J connectivity index is 1.41. The van der Waals surface area contributed by atoms with Crippen molar-refractivity contribution in [1.29, 1.82) is 0 Å². The molecule has 0 radical (unpaired) electrons. The average Bonchev–Trinajstić information content (AvgIpc) is 3.00. The summed E-state index contributed by atoms with van der Waals surface area (Å²) in [5.41, 5.74) is 0. The van der Waals surface area contributed by atoms with Crippen molar-refractivity contribution in [3.05, 3.63) is 24.4 Å². The number of H-pyrrole nitrogens is 1. The number of hydrogen-bond acceptors (Lipinski definition) is 5. The number of carbonyl (C=O) groups is 3. The Hall–Kier alpha value is -2.13. The Kier molecular flexibility index (Phi) is 6.10. The van der Waals surface area contributed by atoms with Gasteiger partial charge in [-0.05, 0) is 13.0 Å². The zero-order valence-corrected chi connectivity index (χ0v) is 15.7. The maximum absolute atomic E-state index is 12.4. The van der Waals surface area contributed by atoms with E-state index in [2.05, 4.69) is 21.3 Å². The van der Waals surface area contributed by atoms with Gasteiger partial charge in [-0.25, -0.2) is 4.98 Å². The highest BCUT2D eigenvalue weighted by atomic mass is 32.2. The fraction of sp³-hybridized carbons (Fsp3) is 0.529. The summed E-state index contributed by atoms with van der Waals surface area (Å²) >= 11 is 1.01. The Morgan fingerprint density at radius 3 is 2.73 bits per heavy atom. The lowest BCUT2D eigenvalue weighted by Crippen LogP contribution is -3.19. The van der Waals surface area contributed by atoms with Crippen molar-refractivity contribution in [2.45, 2.75) is 13.0 Å². The fourth-order valence-electron chi connectivity index (χ4n) is 3.27. The van der Waals surface area contributed by atoms with Crippen LogP contribution in [0.1, 0.15) is 6.92 Å². The van der Waals surface area contributed by atoms with E-state index >= 15 is 0 Å². The second kappa shape index (κ2) is 8.50. The zero-order chi connectivity index (χ0) is 18.5. The molecule has 0 saturated carbocycles. The second-order valence-corrected chi connectivity index (χ2v) is 7.43. The quantitative estimate of drug-likeness (QED) is 0.622. The van der Waals surface area contributed by atoms with Gasteiger partial charge in [-0.15, -0.1) is 0 Å². The first-order valence-electron chi connectivity index (χ1n) is 8.87. The molecule has 3 heterocycles. The molecule has 8 nitrogen and oxygen atoms in total. The first-order valence-corrected chi connectivity index (χ1v) is 9.86. The van der Waals surface area contributed by atoms with Crippen LogP contribution in [0, 0.1) is 0 Å².